The average Bonchev–Trinajstić information content (AvgIpc) is 3.16. The lowest BCUT2D eigenvalue weighted by atomic mass is 9.89. The normalized spacial score (nSPS) is 22.9. The summed E-state index contributed by atoms with van der Waals surface area (Å²) in [5.74, 6) is 0.889. The maximum absolute atomic E-state index is 12.4. The van der Waals surface area contributed by atoms with Gasteiger partial charge in [-0.25, -0.2) is 4.79 Å². The molecule has 3 aliphatic rings. The highest BCUT2D eigenvalue weighted by molar-refractivity contribution is 5.87. The molecule has 138 valence electrons. The molecule has 1 aromatic heterocycles. The van der Waals surface area contributed by atoms with E-state index in [0.29, 0.717) is 18.4 Å². The lowest BCUT2D eigenvalue weighted by molar-refractivity contribution is 0.0277. The zero-order valence-corrected chi connectivity index (χ0v) is 15.3. The number of benzene rings is 1. The Hall–Kier alpha value is -1.85. The van der Waals surface area contributed by atoms with E-state index in [2.05, 4.69) is 11.0 Å². The summed E-state index contributed by atoms with van der Waals surface area (Å²) in [5, 5.41) is 1.11. The first-order valence-corrected chi connectivity index (χ1v) is 9.78. The summed E-state index contributed by atoms with van der Waals surface area (Å²) >= 11 is 0. The Labute approximate surface area is 152 Å². The third-order valence-corrected chi connectivity index (χ3v) is 6.04. The van der Waals surface area contributed by atoms with Crippen LogP contribution in [0, 0.1) is 6.92 Å². The molecule has 1 atom stereocenters. The summed E-state index contributed by atoms with van der Waals surface area (Å²) in [4.78, 5) is 14.7. The Morgan fingerprint density at radius 2 is 2.04 bits per heavy atom. The molecule has 2 aliphatic heterocycles. The van der Waals surface area contributed by atoms with Crippen LogP contribution in [-0.2, 0) is 24.1 Å². The molecule has 1 fully saturated rings. The molecule has 26 heavy (non-hydrogen) atoms. The van der Waals surface area contributed by atoms with Crippen molar-refractivity contribution in [1.82, 2.24) is 4.90 Å². The zero-order valence-electron chi connectivity index (χ0n) is 15.3. The Balaban J connectivity index is 1.56. The van der Waals surface area contributed by atoms with Crippen molar-refractivity contribution < 1.29 is 13.9 Å². The minimum atomic E-state index is -0.161. The van der Waals surface area contributed by atoms with Crippen molar-refractivity contribution in [2.75, 3.05) is 19.9 Å². The summed E-state index contributed by atoms with van der Waals surface area (Å²) < 4.78 is 17.6. The van der Waals surface area contributed by atoms with E-state index in [9.17, 15) is 4.79 Å². The molecule has 0 amide bonds. The van der Waals surface area contributed by atoms with Crippen LogP contribution in [0.4, 0.5) is 0 Å². The number of rotatable bonds is 2. The maximum Gasteiger partial charge on any atom is 0.339 e. The summed E-state index contributed by atoms with van der Waals surface area (Å²) in [5.41, 5.74) is 4.79. The molecule has 5 nitrogen and oxygen atoms in total. The standard InChI is InChI=1S/C21H25NO4/c1-13-19-14(10-22(12-25-19)11-15-5-4-8-24-15)9-18-16-6-2-3-7-17(16)21(23)26-20(13)18/h9,15H,2-8,10-12H2,1H3/t15-/m0/s1. The van der Waals surface area contributed by atoms with E-state index in [0.717, 1.165) is 80.5 Å². The second-order valence-electron chi connectivity index (χ2n) is 7.84. The topological polar surface area (TPSA) is 51.9 Å². The predicted molar refractivity (Wildman–Crippen MR) is 98.7 cm³/mol. The first-order chi connectivity index (χ1) is 12.7. The van der Waals surface area contributed by atoms with Crippen molar-refractivity contribution in [2.45, 2.75) is 58.1 Å². The fourth-order valence-corrected chi connectivity index (χ4v) is 4.74. The second-order valence-corrected chi connectivity index (χ2v) is 7.84. The van der Waals surface area contributed by atoms with Crippen molar-refractivity contribution in [1.29, 1.82) is 0 Å². The molecule has 3 heterocycles. The zero-order chi connectivity index (χ0) is 17.7. The van der Waals surface area contributed by atoms with E-state index in [4.69, 9.17) is 13.9 Å². The molecule has 1 saturated heterocycles. The maximum atomic E-state index is 12.4. The van der Waals surface area contributed by atoms with Crippen LogP contribution in [0.3, 0.4) is 0 Å². The smallest absolute Gasteiger partial charge is 0.339 e. The molecule has 0 saturated carbocycles. The molecule has 5 heteroatoms. The minimum Gasteiger partial charge on any atom is -0.477 e. The van der Waals surface area contributed by atoms with Gasteiger partial charge in [0.15, 0.2) is 0 Å². The van der Waals surface area contributed by atoms with Crippen LogP contribution >= 0.6 is 0 Å². The number of aryl methyl sites for hydroxylation is 2. The molecule has 0 spiro atoms. The van der Waals surface area contributed by atoms with Crippen molar-refractivity contribution >= 4 is 11.0 Å². The minimum absolute atomic E-state index is 0.161. The van der Waals surface area contributed by atoms with Gasteiger partial charge in [0.2, 0.25) is 0 Å². The number of hydrogen-bond donors (Lipinski definition) is 0. The highest BCUT2D eigenvalue weighted by Gasteiger charge is 2.27. The highest BCUT2D eigenvalue weighted by atomic mass is 16.5. The molecule has 0 radical (unpaired) electrons. The van der Waals surface area contributed by atoms with E-state index in [1.807, 2.05) is 6.92 Å². The van der Waals surface area contributed by atoms with Crippen molar-refractivity contribution in [3.63, 3.8) is 0 Å². The highest BCUT2D eigenvalue weighted by Crippen LogP contribution is 2.37. The lowest BCUT2D eigenvalue weighted by Gasteiger charge is -2.32. The van der Waals surface area contributed by atoms with Gasteiger partial charge in [-0.1, -0.05) is 0 Å². The number of ether oxygens (including phenoxy) is 2. The number of fused-ring (bicyclic) bond motifs is 4. The van der Waals surface area contributed by atoms with Gasteiger partial charge in [-0.2, -0.15) is 0 Å². The van der Waals surface area contributed by atoms with Crippen LogP contribution < -0.4 is 10.4 Å². The molecule has 5 rings (SSSR count). The largest absolute Gasteiger partial charge is 0.477 e. The van der Waals surface area contributed by atoms with Gasteiger partial charge in [0.05, 0.1) is 6.10 Å². The summed E-state index contributed by atoms with van der Waals surface area (Å²) in [7, 11) is 0. The van der Waals surface area contributed by atoms with Crippen LogP contribution in [0.5, 0.6) is 5.75 Å². The third-order valence-electron chi connectivity index (χ3n) is 6.04. The summed E-state index contributed by atoms with van der Waals surface area (Å²) in [6.45, 7) is 5.23. The SMILES string of the molecule is Cc1c2c(cc3c4c(c(=O)oc13)CCCC4)CN(C[C@@H]1CCCO1)CO2. The van der Waals surface area contributed by atoms with Gasteiger partial charge in [-0.15, -0.1) is 0 Å². The van der Waals surface area contributed by atoms with Crippen LogP contribution in [0.1, 0.15) is 47.9 Å². The van der Waals surface area contributed by atoms with Gasteiger partial charge in [0.25, 0.3) is 0 Å². The molecule has 0 unspecified atom stereocenters. The Morgan fingerprint density at radius 1 is 1.19 bits per heavy atom. The van der Waals surface area contributed by atoms with Crippen LogP contribution in [0.2, 0.25) is 0 Å². The van der Waals surface area contributed by atoms with Crippen LogP contribution in [-0.4, -0.2) is 30.9 Å². The first-order valence-electron chi connectivity index (χ1n) is 9.78. The van der Waals surface area contributed by atoms with Crippen LogP contribution in [0.25, 0.3) is 11.0 Å². The fourth-order valence-electron chi connectivity index (χ4n) is 4.74. The molecule has 2 aromatic rings. The Kier molecular flexibility index (Phi) is 4.02. The molecule has 0 N–H and O–H groups in total. The second kappa shape index (κ2) is 6.39. The van der Waals surface area contributed by atoms with Gasteiger partial charge in [-0.05, 0) is 57.1 Å². The summed E-state index contributed by atoms with van der Waals surface area (Å²) in [6, 6.07) is 2.20. The van der Waals surface area contributed by atoms with Crippen molar-refractivity contribution in [3.8, 4) is 5.75 Å². The van der Waals surface area contributed by atoms with E-state index < -0.39 is 0 Å². The molecule has 1 aliphatic carbocycles. The van der Waals surface area contributed by atoms with Gasteiger partial charge >= 0.3 is 5.63 Å². The average molecular weight is 355 g/mol. The van der Waals surface area contributed by atoms with Gasteiger partial charge in [0.1, 0.15) is 18.1 Å². The molecular weight excluding hydrogens is 330 g/mol. The molecule has 0 bridgehead atoms. The van der Waals surface area contributed by atoms with E-state index in [1.165, 1.54) is 11.1 Å². The van der Waals surface area contributed by atoms with E-state index in [1.54, 1.807) is 0 Å². The van der Waals surface area contributed by atoms with E-state index in [-0.39, 0.29) is 5.63 Å². The fraction of sp³-hybridized carbons (Fsp3) is 0.571. The summed E-state index contributed by atoms with van der Waals surface area (Å²) in [6.07, 6.45) is 6.65. The van der Waals surface area contributed by atoms with Gasteiger partial charge in [0, 0.05) is 41.8 Å². The first kappa shape index (κ1) is 16.3. The third kappa shape index (κ3) is 2.65. The van der Waals surface area contributed by atoms with Gasteiger partial charge in [-0.3, -0.25) is 4.90 Å². The van der Waals surface area contributed by atoms with Crippen molar-refractivity contribution in [3.05, 3.63) is 38.7 Å². The van der Waals surface area contributed by atoms with Crippen molar-refractivity contribution in [2.24, 2.45) is 0 Å². The quantitative estimate of drug-likeness (QED) is 0.774. The monoisotopic (exact) mass is 355 g/mol. The molecule has 1 aromatic carbocycles. The lowest BCUT2D eigenvalue weighted by Crippen LogP contribution is -2.37. The predicted octanol–water partition coefficient (Wildman–Crippen LogP) is 3.31. The van der Waals surface area contributed by atoms with E-state index >= 15 is 0 Å². The Morgan fingerprint density at radius 3 is 2.85 bits per heavy atom. The van der Waals surface area contributed by atoms with Crippen LogP contribution in [0.15, 0.2) is 15.3 Å². The number of nitrogens with zero attached hydrogens (tertiary/aromatic N) is 1. The molecular formula is C21H25NO4. The number of hydrogen-bond acceptors (Lipinski definition) is 5. The Bertz CT molecular complexity index is 911. The van der Waals surface area contributed by atoms with Gasteiger partial charge < -0.3 is 13.9 Å².